The maximum absolute atomic E-state index is 4.60. The standard InChI is InChI=1S/C16H15BrN2S/c1-2-11-3-5-12(6-4-11)10-18-16-19-14-9-13(17)7-8-15(14)20-16/h3-9H,2,10H2,1H3,(H,18,19). The first-order chi connectivity index (χ1) is 9.74. The highest BCUT2D eigenvalue weighted by Gasteiger charge is 2.04. The van der Waals surface area contributed by atoms with Gasteiger partial charge in [-0.15, -0.1) is 0 Å². The van der Waals surface area contributed by atoms with Crippen LogP contribution in [0.5, 0.6) is 0 Å². The van der Waals surface area contributed by atoms with Crippen LogP contribution in [-0.4, -0.2) is 4.98 Å². The monoisotopic (exact) mass is 346 g/mol. The summed E-state index contributed by atoms with van der Waals surface area (Å²) in [5, 5.41) is 4.37. The van der Waals surface area contributed by atoms with E-state index in [9.17, 15) is 0 Å². The summed E-state index contributed by atoms with van der Waals surface area (Å²) < 4.78 is 2.27. The van der Waals surface area contributed by atoms with E-state index >= 15 is 0 Å². The van der Waals surface area contributed by atoms with Crippen molar-refractivity contribution in [3.63, 3.8) is 0 Å². The average molecular weight is 347 g/mol. The summed E-state index contributed by atoms with van der Waals surface area (Å²) in [6.45, 7) is 2.98. The van der Waals surface area contributed by atoms with Gasteiger partial charge in [-0.25, -0.2) is 4.98 Å². The number of anilines is 1. The highest BCUT2D eigenvalue weighted by atomic mass is 79.9. The van der Waals surface area contributed by atoms with Crippen molar-refractivity contribution in [1.29, 1.82) is 0 Å². The van der Waals surface area contributed by atoms with Gasteiger partial charge in [0.2, 0.25) is 0 Å². The van der Waals surface area contributed by atoms with E-state index in [-0.39, 0.29) is 0 Å². The fourth-order valence-corrected chi connectivity index (χ4v) is 3.24. The molecule has 0 unspecified atom stereocenters. The molecule has 0 atom stereocenters. The van der Waals surface area contributed by atoms with Gasteiger partial charge >= 0.3 is 0 Å². The first kappa shape index (κ1) is 13.6. The van der Waals surface area contributed by atoms with Gasteiger partial charge in [0.05, 0.1) is 10.2 Å². The molecule has 0 radical (unpaired) electrons. The van der Waals surface area contributed by atoms with Crippen molar-refractivity contribution in [2.24, 2.45) is 0 Å². The molecule has 0 saturated carbocycles. The van der Waals surface area contributed by atoms with E-state index in [4.69, 9.17) is 0 Å². The molecular weight excluding hydrogens is 332 g/mol. The van der Waals surface area contributed by atoms with Crippen LogP contribution in [0.4, 0.5) is 5.13 Å². The van der Waals surface area contributed by atoms with Crippen molar-refractivity contribution < 1.29 is 0 Å². The van der Waals surface area contributed by atoms with E-state index in [1.807, 2.05) is 12.1 Å². The van der Waals surface area contributed by atoms with E-state index in [0.717, 1.165) is 28.1 Å². The number of benzene rings is 2. The van der Waals surface area contributed by atoms with Crippen molar-refractivity contribution in [2.75, 3.05) is 5.32 Å². The van der Waals surface area contributed by atoms with Gasteiger partial charge in [0, 0.05) is 11.0 Å². The van der Waals surface area contributed by atoms with Crippen molar-refractivity contribution in [2.45, 2.75) is 19.9 Å². The molecule has 1 aromatic heterocycles. The number of fused-ring (bicyclic) bond motifs is 1. The number of rotatable bonds is 4. The SMILES string of the molecule is CCc1ccc(CNc2nc3cc(Br)ccc3s2)cc1. The minimum absolute atomic E-state index is 0.811. The predicted octanol–water partition coefficient (Wildman–Crippen LogP) is 5.23. The van der Waals surface area contributed by atoms with Crippen LogP contribution >= 0.6 is 27.3 Å². The Kier molecular flexibility index (Phi) is 4.03. The Bertz CT molecular complexity index is 719. The summed E-state index contributed by atoms with van der Waals surface area (Å²) in [5.41, 5.74) is 3.69. The third-order valence-corrected chi connectivity index (χ3v) is 4.71. The summed E-state index contributed by atoms with van der Waals surface area (Å²) in [7, 11) is 0. The maximum atomic E-state index is 4.60. The molecule has 1 N–H and O–H groups in total. The molecule has 0 saturated heterocycles. The van der Waals surface area contributed by atoms with E-state index in [0.29, 0.717) is 0 Å². The first-order valence-electron chi connectivity index (χ1n) is 6.62. The quantitative estimate of drug-likeness (QED) is 0.699. The number of hydrogen-bond acceptors (Lipinski definition) is 3. The molecule has 102 valence electrons. The molecule has 0 aliphatic rings. The Morgan fingerprint density at radius 2 is 1.85 bits per heavy atom. The number of thiazole rings is 1. The van der Waals surface area contributed by atoms with Crippen LogP contribution < -0.4 is 5.32 Å². The third-order valence-electron chi connectivity index (χ3n) is 3.22. The lowest BCUT2D eigenvalue weighted by atomic mass is 10.1. The molecule has 0 amide bonds. The smallest absolute Gasteiger partial charge is 0.184 e. The second-order valence-corrected chi connectivity index (χ2v) is 6.60. The molecule has 4 heteroatoms. The van der Waals surface area contributed by atoms with Gasteiger partial charge in [-0.1, -0.05) is 58.5 Å². The average Bonchev–Trinajstić information content (AvgIpc) is 2.87. The minimum Gasteiger partial charge on any atom is -0.357 e. The zero-order valence-corrected chi connectivity index (χ0v) is 13.6. The topological polar surface area (TPSA) is 24.9 Å². The van der Waals surface area contributed by atoms with Gasteiger partial charge in [0.15, 0.2) is 5.13 Å². The highest BCUT2D eigenvalue weighted by molar-refractivity contribution is 9.10. The second kappa shape index (κ2) is 5.94. The Morgan fingerprint density at radius 1 is 1.10 bits per heavy atom. The summed E-state index contributed by atoms with van der Waals surface area (Å²) in [6.07, 6.45) is 1.08. The molecule has 3 aromatic rings. The van der Waals surface area contributed by atoms with E-state index in [1.165, 1.54) is 15.8 Å². The molecule has 20 heavy (non-hydrogen) atoms. The van der Waals surface area contributed by atoms with Crippen LogP contribution in [0.15, 0.2) is 46.9 Å². The zero-order chi connectivity index (χ0) is 13.9. The molecule has 0 fully saturated rings. The number of aromatic nitrogens is 1. The molecule has 0 bridgehead atoms. The highest BCUT2D eigenvalue weighted by Crippen LogP contribution is 2.28. The first-order valence-corrected chi connectivity index (χ1v) is 8.23. The number of nitrogens with zero attached hydrogens (tertiary/aromatic N) is 1. The fourth-order valence-electron chi connectivity index (χ4n) is 2.05. The van der Waals surface area contributed by atoms with Gasteiger partial charge in [-0.05, 0) is 35.7 Å². The van der Waals surface area contributed by atoms with Crippen molar-refractivity contribution in [3.05, 3.63) is 58.1 Å². The zero-order valence-electron chi connectivity index (χ0n) is 11.2. The van der Waals surface area contributed by atoms with Crippen LogP contribution in [0.25, 0.3) is 10.2 Å². The van der Waals surface area contributed by atoms with Crippen molar-refractivity contribution >= 4 is 42.6 Å². The maximum Gasteiger partial charge on any atom is 0.184 e. The Hall–Kier alpha value is -1.39. The van der Waals surface area contributed by atoms with Crippen molar-refractivity contribution in [1.82, 2.24) is 4.98 Å². The van der Waals surface area contributed by atoms with Gasteiger partial charge in [0.25, 0.3) is 0 Å². The number of halogens is 1. The van der Waals surface area contributed by atoms with Crippen LogP contribution in [0.2, 0.25) is 0 Å². The predicted molar refractivity (Wildman–Crippen MR) is 90.5 cm³/mol. The largest absolute Gasteiger partial charge is 0.357 e. The fraction of sp³-hybridized carbons (Fsp3) is 0.188. The van der Waals surface area contributed by atoms with Crippen LogP contribution in [0.3, 0.4) is 0 Å². The normalized spacial score (nSPS) is 10.9. The number of nitrogens with one attached hydrogen (secondary N) is 1. The molecule has 0 spiro atoms. The Morgan fingerprint density at radius 3 is 2.60 bits per heavy atom. The molecule has 1 heterocycles. The van der Waals surface area contributed by atoms with Crippen LogP contribution in [-0.2, 0) is 13.0 Å². The Labute approximate surface area is 131 Å². The van der Waals surface area contributed by atoms with Gasteiger partial charge in [-0.3, -0.25) is 0 Å². The molecule has 0 aliphatic carbocycles. The number of hydrogen-bond donors (Lipinski definition) is 1. The summed E-state index contributed by atoms with van der Waals surface area (Å²) in [4.78, 5) is 4.60. The summed E-state index contributed by atoms with van der Waals surface area (Å²) in [6, 6.07) is 14.9. The molecule has 2 aromatic carbocycles. The molecular formula is C16H15BrN2S. The lowest BCUT2D eigenvalue weighted by Gasteiger charge is -2.03. The van der Waals surface area contributed by atoms with Crippen LogP contribution in [0.1, 0.15) is 18.1 Å². The van der Waals surface area contributed by atoms with Gasteiger partial charge in [-0.2, -0.15) is 0 Å². The van der Waals surface area contributed by atoms with E-state index in [2.05, 4.69) is 63.5 Å². The lowest BCUT2D eigenvalue weighted by molar-refractivity contribution is 1.10. The lowest BCUT2D eigenvalue weighted by Crippen LogP contribution is -1.98. The van der Waals surface area contributed by atoms with E-state index in [1.54, 1.807) is 11.3 Å². The van der Waals surface area contributed by atoms with Gasteiger partial charge < -0.3 is 5.32 Å². The minimum atomic E-state index is 0.811. The van der Waals surface area contributed by atoms with Crippen LogP contribution in [0, 0.1) is 0 Å². The molecule has 0 aliphatic heterocycles. The molecule has 3 rings (SSSR count). The third kappa shape index (κ3) is 3.02. The Balaban J connectivity index is 1.72. The van der Waals surface area contributed by atoms with Gasteiger partial charge in [0.1, 0.15) is 0 Å². The van der Waals surface area contributed by atoms with E-state index < -0.39 is 0 Å². The summed E-state index contributed by atoms with van der Waals surface area (Å²) in [5.74, 6) is 0. The summed E-state index contributed by atoms with van der Waals surface area (Å²) >= 11 is 5.16. The van der Waals surface area contributed by atoms with Crippen molar-refractivity contribution in [3.8, 4) is 0 Å². The second-order valence-electron chi connectivity index (χ2n) is 4.65. The number of aryl methyl sites for hydroxylation is 1. The molecule has 2 nitrogen and oxygen atoms in total.